The number of imidazole rings is 1. The van der Waals surface area contributed by atoms with Crippen LogP contribution in [0, 0.1) is 0 Å². The summed E-state index contributed by atoms with van der Waals surface area (Å²) in [6, 6.07) is 17.1. The Kier molecular flexibility index (Phi) is 6.00. The van der Waals surface area contributed by atoms with E-state index in [2.05, 4.69) is 52.9 Å². The molecule has 0 radical (unpaired) electrons. The lowest BCUT2D eigenvalue weighted by Crippen LogP contribution is -2.05. The Morgan fingerprint density at radius 3 is 2.38 bits per heavy atom. The first-order valence-electron chi connectivity index (χ1n) is 8.15. The fourth-order valence-electron chi connectivity index (χ4n) is 2.59. The number of hydrogen-bond donors (Lipinski definition) is 0. The fourth-order valence-corrected chi connectivity index (χ4v) is 3.93. The second-order valence-corrected chi connectivity index (χ2v) is 7.41. The van der Waals surface area contributed by atoms with Gasteiger partial charge < -0.3 is 4.57 Å². The third kappa shape index (κ3) is 4.65. The van der Waals surface area contributed by atoms with Gasteiger partial charge in [0.15, 0.2) is 0 Å². The highest BCUT2D eigenvalue weighted by Gasteiger charge is 2.13. The lowest BCUT2D eigenvalue weighted by molar-refractivity contribution is 0.683. The molecule has 3 rings (SSSR count). The van der Waals surface area contributed by atoms with Crippen LogP contribution in [-0.2, 0) is 18.7 Å². The molecule has 0 fully saturated rings. The molecule has 1 atom stereocenters. The van der Waals surface area contributed by atoms with Crippen LogP contribution in [0.1, 0.15) is 28.9 Å². The van der Waals surface area contributed by atoms with Gasteiger partial charge in [0, 0.05) is 35.0 Å². The van der Waals surface area contributed by atoms with Gasteiger partial charge in [-0.1, -0.05) is 54.9 Å². The van der Waals surface area contributed by atoms with Crippen LogP contribution in [0.25, 0.3) is 0 Å². The summed E-state index contributed by atoms with van der Waals surface area (Å²) in [4.78, 5) is 4.16. The van der Waals surface area contributed by atoms with Crippen LogP contribution in [0.2, 0.25) is 5.02 Å². The summed E-state index contributed by atoms with van der Waals surface area (Å²) in [5, 5.41) is 1.18. The van der Waals surface area contributed by atoms with Crippen LogP contribution in [0.4, 0.5) is 0 Å². The summed E-state index contributed by atoms with van der Waals surface area (Å²) in [5.74, 6) is 0.964. The van der Waals surface area contributed by atoms with E-state index in [1.54, 1.807) is 0 Å². The standard InChI is InChI=1S/C20H21ClN2S/c1-2-16-3-7-18(8-4-16)20(13-23-12-11-22-15-23)24-14-17-5-9-19(21)10-6-17/h3-12,15,20H,2,13-14H2,1H3. The molecular formula is C20H21ClN2S. The molecule has 0 spiro atoms. The number of hydrogen-bond acceptors (Lipinski definition) is 2. The van der Waals surface area contributed by atoms with Gasteiger partial charge in [0.05, 0.1) is 6.33 Å². The molecule has 0 amide bonds. The molecule has 1 aromatic heterocycles. The molecule has 0 aliphatic carbocycles. The number of aryl methyl sites for hydroxylation is 1. The highest BCUT2D eigenvalue weighted by Crippen LogP contribution is 2.33. The average Bonchev–Trinajstić information content (AvgIpc) is 3.13. The highest BCUT2D eigenvalue weighted by atomic mass is 35.5. The van der Waals surface area contributed by atoms with Crippen molar-refractivity contribution in [2.24, 2.45) is 0 Å². The smallest absolute Gasteiger partial charge is 0.0946 e. The van der Waals surface area contributed by atoms with E-state index >= 15 is 0 Å². The number of thioether (sulfide) groups is 1. The Hall–Kier alpha value is -1.71. The molecule has 1 unspecified atom stereocenters. The van der Waals surface area contributed by atoms with Crippen LogP contribution in [0.3, 0.4) is 0 Å². The monoisotopic (exact) mass is 356 g/mol. The quantitative estimate of drug-likeness (QED) is 0.534. The molecular weight excluding hydrogens is 336 g/mol. The summed E-state index contributed by atoms with van der Waals surface area (Å²) in [6.45, 7) is 3.11. The first-order chi connectivity index (χ1) is 11.7. The van der Waals surface area contributed by atoms with Gasteiger partial charge in [0.25, 0.3) is 0 Å². The fraction of sp³-hybridized carbons (Fsp3) is 0.250. The number of rotatable bonds is 7. The largest absolute Gasteiger partial charge is 0.336 e. The molecule has 24 heavy (non-hydrogen) atoms. The van der Waals surface area contributed by atoms with Crippen molar-refractivity contribution in [1.82, 2.24) is 9.55 Å². The van der Waals surface area contributed by atoms with Gasteiger partial charge in [-0.05, 0) is 35.2 Å². The van der Waals surface area contributed by atoms with Crippen LogP contribution in [0.15, 0.2) is 67.3 Å². The van der Waals surface area contributed by atoms with E-state index in [4.69, 9.17) is 11.6 Å². The molecule has 0 N–H and O–H groups in total. The van der Waals surface area contributed by atoms with Crippen LogP contribution in [0.5, 0.6) is 0 Å². The number of aromatic nitrogens is 2. The molecule has 4 heteroatoms. The first kappa shape index (κ1) is 17.1. The average molecular weight is 357 g/mol. The minimum Gasteiger partial charge on any atom is -0.336 e. The Bertz CT molecular complexity index is 736. The van der Waals surface area contributed by atoms with E-state index in [0.29, 0.717) is 5.25 Å². The molecule has 2 nitrogen and oxygen atoms in total. The maximum atomic E-state index is 5.98. The summed E-state index contributed by atoms with van der Waals surface area (Å²) in [7, 11) is 0. The van der Waals surface area contributed by atoms with Crippen LogP contribution in [-0.4, -0.2) is 9.55 Å². The zero-order valence-electron chi connectivity index (χ0n) is 13.7. The van der Waals surface area contributed by atoms with Gasteiger partial charge in [-0.15, -0.1) is 11.8 Å². The van der Waals surface area contributed by atoms with Crippen LogP contribution >= 0.6 is 23.4 Å². The SMILES string of the molecule is CCc1ccc(C(Cn2ccnc2)SCc2ccc(Cl)cc2)cc1. The topological polar surface area (TPSA) is 17.8 Å². The summed E-state index contributed by atoms with van der Waals surface area (Å²) in [5.41, 5.74) is 4.04. The zero-order valence-corrected chi connectivity index (χ0v) is 15.3. The van der Waals surface area contributed by atoms with Gasteiger partial charge in [-0.25, -0.2) is 4.98 Å². The summed E-state index contributed by atoms with van der Waals surface area (Å²) < 4.78 is 2.15. The van der Waals surface area contributed by atoms with Crippen molar-refractivity contribution < 1.29 is 0 Å². The van der Waals surface area contributed by atoms with E-state index in [-0.39, 0.29) is 0 Å². The van der Waals surface area contributed by atoms with E-state index in [1.807, 2.05) is 42.6 Å². The lowest BCUT2D eigenvalue weighted by Gasteiger charge is -2.18. The second kappa shape index (κ2) is 8.41. The number of nitrogens with zero attached hydrogens (tertiary/aromatic N) is 2. The van der Waals surface area contributed by atoms with Gasteiger partial charge in [0.2, 0.25) is 0 Å². The normalized spacial score (nSPS) is 12.2. The zero-order chi connectivity index (χ0) is 16.8. The molecule has 1 heterocycles. The van der Waals surface area contributed by atoms with Crippen molar-refractivity contribution >= 4 is 23.4 Å². The summed E-state index contributed by atoms with van der Waals surface area (Å²) >= 11 is 7.93. The Labute approximate surface area is 152 Å². The number of benzene rings is 2. The predicted octanol–water partition coefficient (Wildman–Crippen LogP) is 5.77. The maximum Gasteiger partial charge on any atom is 0.0946 e. The Morgan fingerprint density at radius 2 is 1.75 bits per heavy atom. The Morgan fingerprint density at radius 1 is 1.04 bits per heavy atom. The lowest BCUT2D eigenvalue weighted by atomic mass is 10.1. The van der Waals surface area contributed by atoms with Crippen LogP contribution < -0.4 is 0 Å². The van der Waals surface area contributed by atoms with Gasteiger partial charge in [0.1, 0.15) is 0 Å². The van der Waals surface area contributed by atoms with Gasteiger partial charge in [-0.3, -0.25) is 0 Å². The van der Waals surface area contributed by atoms with Gasteiger partial charge >= 0.3 is 0 Å². The molecule has 0 saturated carbocycles. The Balaban J connectivity index is 1.74. The first-order valence-corrected chi connectivity index (χ1v) is 9.58. The maximum absolute atomic E-state index is 5.98. The third-order valence-corrected chi connectivity index (χ3v) is 5.64. The van der Waals surface area contributed by atoms with Crippen molar-refractivity contribution in [3.05, 3.63) is 89.0 Å². The molecule has 3 aromatic rings. The van der Waals surface area contributed by atoms with E-state index in [9.17, 15) is 0 Å². The van der Waals surface area contributed by atoms with Crippen molar-refractivity contribution in [2.45, 2.75) is 30.9 Å². The third-order valence-electron chi connectivity index (χ3n) is 4.06. The molecule has 0 aliphatic heterocycles. The predicted molar refractivity (Wildman–Crippen MR) is 104 cm³/mol. The van der Waals surface area contributed by atoms with Crippen molar-refractivity contribution in [1.29, 1.82) is 0 Å². The van der Waals surface area contributed by atoms with Gasteiger partial charge in [-0.2, -0.15) is 0 Å². The van der Waals surface area contributed by atoms with Crippen molar-refractivity contribution in [2.75, 3.05) is 0 Å². The second-order valence-electron chi connectivity index (χ2n) is 5.78. The van der Waals surface area contributed by atoms with Crippen molar-refractivity contribution in [3.63, 3.8) is 0 Å². The van der Waals surface area contributed by atoms with Crippen molar-refractivity contribution in [3.8, 4) is 0 Å². The molecule has 124 valence electrons. The molecule has 0 aliphatic rings. The van der Waals surface area contributed by atoms with E-state index in [0.717, 1.165) is 23.7 Å². The highest BCUT2D eigenvalue weighted by molar-refractivity contribution is 7.98. The number of halogens is 1. The summed E-state index contributed by atoms with van der Waals surface area (Å²) in [6.07, 6.45) is 6.82. The van der Waals surface area contributed by atoms with E-state index in [1.165, 1.54) is 16.7 Å². The minimum absolute atomic E-state index is 0.390. The molecule has 0 bridgehead atoms. The van der Waals surface area contributed by atoms with E-state index < -0.39 is 0 Å². The molecule has 0 saturated heterocycles. The molecule has 2 aromatic carbocycles. The minimum atomic E-state index is 0.390.